The highest BCUT2D eigenvalue weighted by Crippen LogP contribution is 2.23. The summed E-state index contributed by atoms with van der Waals surface area (Å²) < 4.78 is 2.83. The zero-order chi connectivity index (χ0) is 11.0. The van der Waals surface area contributed by atoms with Crippen molar-refractivity contribution in [3.05, 3.63) is 28.5 Å². The third kappa shape index (κ3) is 1.78. The fourth-order valence-corrected chi connectivity index (χ4v) is 1.95. The fraction of sp³-hybridized carbons (Fsp3) is 0.300. The molecule has 0 radical (unpaired) electrons. The molecule has 2 heterocycles. The largest absolute Gasteiger partial charge is 0.386 e. The van der Waals surface area contributed by atoms with Crippen LogP contribution in [0.15, 0.2) is 22.8 Å². The molecule has 0 amide bonds. The van der Waals surface area contributed by atoms with Crippen LogP contribution in [0.4, 0.5) is 0 Å². The topological polar surface area (TPSA) is 64.1 Å². The maximum absolute atomic E-state index is 9.70. The number of aromatic nitrogens is 2. The lowest BCUT2D eigenvalue weighted by Gasteiger charge is -2.08. The van der Waals surface area contributed by atoms with Gasteiger partial charge in [-0.2, -0.15) is 0 Å². The minimum absolute atomic E-state index is 0.214. The Balaban J connectivity index is 2.64. The van der Waals surface area contributed by atoms with Gasteiger partial charge in [0.1, 0.15) is 6.10 Å². The van der Waals surface area contributed by atoms with Crippen molar-refractivity contribution < 1.29 is 5.11 Å². The summed E-state index contributed by atoms with van der Waals surface area (Å²) in [5.74, 6) is 0. The maximum atomic E-state index is 9.70. The van der Waals surface area contributed by atoms with Crippen LogP contribution in [0.3, 0.4) is 0 Å². The molecule has 0 fully saturated rings. The Morgan fingerprint density at radius 1 is 1.60 bits per heavy atom. The summed E-state index contributed by atoms with van der Waals surface area (Å²) in [6.07, 6.45) is 1.10. The first-order chi connectivity index (χ1) is 7.13. The molecule has 0 spiro atoms. The minimum atomic E-state index is -0.636. The fourth-order valence-electron chi connectivity index (χ4n) is 1.64. The molecule has 0 bridgehead atoms. The molecule has 15 heavy (non-hydrogen) atoms. The first kappa shape index (κ1) is 10.6. The van der Waals surface area contributed by atoms with Crippen LogP contribution in [0.1, 0.15) is 11.8 Å². The molecule has 0 saturated carbocycles. The van der Waals surface area contributed by atoms with E-state index >= 15 is 0 Å². The molecule has 1 unspecified atom stereocenters. The Hall–Kier alpha value is -0.910. The SMILES string of the molecule is Cn1c(C(O)CN)cc2ncc(Br)cc21. The van der Waals surface area contributed by atoms with Gasteiger partial charge >= 0.3 is 0 Å². The number of fused-ring (bicyclic) bond motifs is 1. The highest BCUT2D eigenvalue weighted by Gasteiger charge is 2.13. The number of rotatable bonds is 2. The summed E-state index contributed by atoms with van der Waals surface area (Å²) in [5, 5.41) is 9.70. The zero-order valence-electron chi connectivity index (χ0n) is 8.31. The van der Waals surface area contributed by atoms with E-state index in [1.54, 1.807) is 6.20 Å². The molecule has 2 aromatic heterocycles. The highest BCUT2D eigenvalue weighted by atomic mass is 79.9. The van der Waals surface area contributed by atoms with Crippen LogP contribution >= 0.6 is 15.9 Å². The maximum Gasteiger partial charge on any atom is 0.106 e. The molecule has 1 atom stereocenters. The number of hydrogen-bond acceptors (Lipinski definition) is 3. The first-order valence-electron chi connectivity index (χ1n) is 4.62. The molecule has 0 aromatic carbocycles. The first-order valence-corrected chi connectivity index (χ1v) is 5.41. The standard InChI is InChI=1S/C10H12BrN3O/c1-14-8-2-6(11)5-13-7(8)3-9(14)10(15)4-12/h2-3,5,10,15H,4,12H2,1H3. The number of aryl methyl sites for hydroxylation is 1. The predicted molar refractivity (Wildman–Crippen MR) is 62.4 cm³/mol. The molecule has 0 aliphatic heterocycles. The number of nitrogens with zero attached hydrogens (tertiary/aromatic N) is 2. The molecular formula is C10H12BrN3O. The minimum Gasteiger partial charge on any atom is -0.386 e. The van der Waals surface area contributed by atoms with Crippen LogP contribution in [0.5, 0.6) is 0 Å². The average Bonchev–Trinajstić information content (AvgIpc) is 2.55. The Morgan fingerprint density at radius 3 is 3.00 bits per heavy atom. The number of aliphatic hydroxyl groups excluding tert-OH is 1. The third-order valence-corrected chi connectivity index (χ3v) is 2.90. The van der Waals surface area contributed by atoms with E-state index in [1.807, 2.05) is 23.7 Å². The molecule has 0 aliphatic rings. The van der Waals surface area contributed by atoms with E-state index < -0.39 is 6.10 Å². The summed E-state index contributed by atoms with van der Waals surface area (Å²) in [4.78, 5) is 4.26. The van der Waals surface area contributed by atoms with Crippen molar-refractivity contribution in [3.8, 4) is 0 Å². The van der Waals surface area contributed by atoms with Crippen molar-refractivity contribution in [2.45, 2.75) is 6.10 Å². The third-order valence-electron chi connectivity index (χ3n) is 2.46. The van der Waals surface area contributed by atoms with E-state index in [9.17, 15) is 5.11 Å². The molecule has 2 rings (SSSR count). The second kappa shape index (κ2) is 3.92. The predicted octanol–water partition coefficient (Wildman–Crippen LogP) is 1.33. The second-order valence-corrected chi connectivity index (χ2v) is 4.35. The monoisotopic (exact) mass is 269 g/mol. The number of hydrogen-bond donors (Lipinski definition) is 2. The van der Waals surface area contributed by atoms with Crippen LogP contribution in [-0.4, -0.2) is 21.2 Å². The van der Waals surface area contributed by atoms with Crippen molar-refractivity contribution in [2.24, 2.45) is 12.8 Å². The van der Waals surface area contributed by atoms with Gasteiger partial charge < -0.3 is 15.4 Å². The van der Waals surface area contributed by atoms with Crippen LogP contribution in [-0.2, 0) is 7.05 Å². The van der Waals surface area contributed by atoms with E-state index in [2.05, 4.69) is 20.9 Å². The normalized spacial score (nSPS) is 13.3. The van der Waals surface area contributed by atoms with Crippen LogP contribution in [0.2, 0.25) is 0 Å². The van der Waals surface area contributed by atoms with Gasteiger partial charge in [-0.3, -0.25) is 4.98 Å². The van der Waals surface area contributed by atoms with Crippen LogP contribution in [0, 0.1) is 0 Å². The van der Waals surface area contributed by atoms with Gasteiger partial charge in [0, 0.05) is 24.3 Å². The molecule has 5 heteroatoms. The van der Waals surface area contributed by atoms with Gasteiger partial charge in [-0.15, -0.1) is 0 Å². The molecule has 4 nitrogen and oxygen atoms in total. The lowest BCUT2D eigenvalue weighted by Crippen LogP contribution is -2.14. The van der Waals surface area contributed by atoms with Crippen molar-refractivity contribution in [1.82, 2.24) is 9.55 Å². The van der Waals surface area contributed by atoms with Gasteiger partial charge in [-0.1, -0.05) is 0 Å². The average molecular weight is 270 g/mol. The Labute approximate surface area is 95.8 Å². The van der Waals surface area contributed by atoms with Crippen LogP contribution < -0.4 is 5.73 Å². The number of nitrogens with two attached hydrogens (primary N) is 1. The number of aliphatic hydroxyl groups is 1. The molecule has 3 N–H and O–H groups in total. The Bertz CT molecular complexity index is 495. The van der Waals surface area contributed by atoms with E-state index in [-0.39, 0.29) is 6.54 Å². The molecule has 80 valence electrons. The van der Waals surface area contributed by atoms with E-state index in [0.29, 0.717) is 0 Å². The number of halogens is 1. The Morgan fingerprint density at radius 2 is 2.33 bits per heavy atom. The van der Waals surface area contributed by atoms with Gasteiger partial charge in [0.05, 0.1) is 16.7 Å². The summed E-state index contributed by atoms with van der Waals surface area (Å²) in [7, 11) is 1.89. The van der Waals surface area contributed by atoms with Gasteiger partial charge in [-0.05, 0) is 28.1 Å². The van der Waals surface area contributed by atoms with Crippen LogP contribution in [0.25, 0.3) is 11.0 Å². The van der Waals surface area contributed by atoms with Gasteiger partial charge in [0.25, 0.3) is 0 Å². The summed E-state index contributed by atoms with van der Waals surface area (Å²) in [6, 6.07) is 3.83. The number of pyridine rings is 1. The van der Waals surface area contributed by atoms with E-state index in [1.165, 1.54) is 0 Å². The van der Waals surface area contributed by atoms with Crippen molar-refractivity contribution in [1.29, 1.82) is 0 Å². The zero-order valence-corrected chi connectivity index (χ0v) is 9.90. The quantitative estimate of drug-likeness (QED) is 0.865. The van der Waals surface area contributed by atoms with E-state index in [4.69, 9.17) is 5.73 Å². The van der Waals surface area contributed by atoms with E-state index in [0.717, 1.165) is 21.2 Å². The van der Waals surface area contributed by atoms with Crippen molar-refractivity contribution >= 4 is 27.0 Å². The molecule has 0 aliphatic carbocycles. The molecule has 2 aromatic rings. The van der Waals surface area contributed by atoms with Crippen molar-refractivity contribution in [3.63, 3.8) is 0 Å². The lowest BCUT2D eigenvalue weighted by atomic mass is 10.2. The molecular weight excluding hydrogens is 258 g/mol. The second-order valence-electron chi connectivity index (χ2n) is 3.44. The lowest BCUT2D eigenvalue weighted by molar-refractivity contribution is 0.179. The van der Waals surface area contributed by atoms with Gasteiger partial charge in [-0.25, -0.2) is 0 Å². The van der Waals surface area contributed by atoms with Crippen molar-refractivity contribution in [2.75, 3.05) is 6.54 Å². The smallest absolute Gasteiger partial charge is 0.106 e. The summed E-state index contributed by atoms with van der Waals surface area (Å²) >= 11 is 3.37. The Kier molecular flexibility index (Phi) is 2.77. The summed E-state index contributed by atoms with van der Waals surface area (Å²) in [6.45, 7) is 0.214. The highest BCUT2D eigenvalue weighted by molar-refractivity contribution is 9.10. The molecule has 0 saturated heterocycles. The van der Waals surface area contributed by atoms with Gasteiger partial charge in [0.2, 0.25) is 0 Å². The van der Waals surface area contributed by atoms with Gasteiger partial charge in [0.15, 0.2) is 0 Å². The summed E-state index contributed by atoms with van der Waals surface area (Å²) in [5.41, 5.74) is 8.06.